The second kappa shape index (κ2) is 4.13. The van der Waals surface area contributed by atoms with Crippen LogP contribution in [0, 0.1) is 0 Å². The van der Waals surface area contributed by atoms with E-state index < -0.39 is 0 Å². The second-order valence-electron chi connectivity index (χ2n) is 1.99. The van der Waals surface area contributed by atoms with Crippen LogP contribution in [0.2, 0.25) is 0 Å². The minimum atomic E-state index is 0.676. The first kappa shape index (κ1) is 8.21. The Morgan fingerprint density at radius 2 is 2.00 bits per heavy atom. The van der Waals surface area contributed by atoms with E-state index in [2.05, 4.69) is 4.99 Å². The Bertz CT molecular complexity index is 132. The summed E-state index contributed by atoms with van der Waals surface area (Å²) in [5.41, 5.74) is 1.19. The maximum absolute atomic E-state index is 4.88. The molecule has 2 nitrogen and oxygen atoms in total. The van der Waals surface area contributed by atoms with E-state index in [1.165, 1.54) is 5.57 Å². The lowest BCUT2D eigenvalue weighted by atomic mass is 10.3. The first-order chi connectivity index (χ1) is 4.20. The highest BCUT2D eigenvalue weighted by Crippen LogP contribution is 1.90. The third kappa shape index (κ3) is 3.76. The number of ether oxygens (including phenoxy) is 1. The molecule has 0 atom stereocenters. The van der Waals surface area contributed by atoms with Crippen LogP contribution in [0.15, 0.2) is 16.6 Å². The molecule has 0 amide bonds. The first-order valence-corrected chi connectivity index (χ1v) is 2.86. The Labute approximate surface area is 56.2 Å². The summed E-state index contributed by atoms with van der Waals surface area (Å²) >= 11 is 0. The van der Waals surface area contributed by atoms with Crippen molar-refractivity contribution in [3.8, 4) is 0 Å². The summed E-state index contributed by atoms with van der Waals surface area (Å²) in [5, 5.41) is 0. The standard InChI is InChI=1S/C7H13NO/c1-6(2)5-7(8-3)9-4/h5H,1-4H3/b8-7+. The molecule has 0 aliphatic rings. The maximum atomic E-state index is 4.88. The van der Waals surface area contributed by atoms with Gasteiger partial charge in [0.1, 0.15) is 0 Å². The van der Waals surface area contributed by atoms with Crippen molar-refractivity contribution in [2.75, 3.05) is 14.2 Å². The monoisotopic (exact) mass is 127 g/mol. The van der Waals surface area contributed by atoms with Crippen LogP contribution in [0.3, 0.4) is 0 Å². The lowest BCUT2D eigenvalue weighted by molar-refractivity contribution is 0.406. The summed E-state index contributed by atoms with van der Waals surface area (Å²) < 4.78 is 4.88. The van der Waals surface area contributed by atoms with Crippen molar-refractivity contribution in [3.63, 3.8) is 0 Å². The number of methoxy groups -OCH3 is 1. The van der Waals surface area contributed by atoms with Crippen LogP contribution < -0.4 is 0 Å². The molecule has 9 heavy (non-hydrogen) atoms. The zero-order chi connectivity index (χ0) is 7.28. The molecule has 52 valence electrons. The average molecular weight is 127 g/mol. The van der Waals surface area contributed by atoms with E-state index in [4.69, 9.17) is 4.74 Å². The van der Waals surface area contributed by atoms with Gasteiger partial charge in [0, 0.05) is 7.05 Å². The SMILES string of the molecule is C/N=C(\C=C(C)C)OC. The number of nitrogens with zero attached hydrogens (tertiary/aromatic N) is 1. The molecule has 0 aromatic heterocycles. The Morgan fingerprint density at radius 3 is 2.11 bits per heavy atom. The van der Waals surface area contributed by atoms with Crippen LogP contribution in [0.25, 0.3) is 0 Å². The first-order valence-electron chi connectivity index (χ1n) is 2.86. The van der Waals surface area contributed by atoms with Crippen LogP contribution in [-0.4, -0.2) is 20.1 Å². The lowest BCUT2D eigenvalue weighted by Gasteiger charge is -1.96. The van der Waals surface area contributed by atoms with Crippen molar-refractivity contribution >= 4 is 5.90 Å². The van der Waals surface area contributed by atoms with Gasteiger partial charge in [-0.1, -0.05) is 5.57 Å². The minimum Gasteiger partial charge on any atom is -0.481 e. The van der Waals surface area contributed by atoms with Gasteiger partial charge in [0.2, 0.25) is 5.90 Å². The van der Waals surface area contributed by atoms with E-state index in [0.29, 0.717) is 5.90 Å². The third-order valence-electron chi connectivity index (χ3n) is 0.842. The van der Waals surface area contributed by atoms with E-state index in [9.17, 15) is 0 Å². The van der Waals surface area contributed by atoms with Gasteiger partial charge in [0.05, 0.1) is 7.11 Å². The maximum Gasteiger partial charge on any atom is 0.207 e. The third-order valence-corrected chi connectivity index (χ3v) is 0.842. The normalized spacial score (nSPS) is 10.9. The number of rotatable bonds is 1. The molecule has 0 radical (unpaired) electrons. The molecular weight excluding hydrogens is 114 g/mol. The van der Waals surface area contributed by atoms with Crippen molar-refractivity contribution in [1.82, 2.24) is 0 Å². The van der Waals surface area contributed by atoms with Crippen LogP contribution in [0.1, 0.15) is 13.8 Å². The summed E-state index contributed by atoms with van der Waals surface area (Å²) in [6.45, 7) is 4.01. The molecule has 0 N–H and O–H groups in total. The van der Waals surface area contributed by atoms with E-state index >= 15 is 0 Å². The predicted molar refractivity (Wildman–Crippen MR) is 39.8 cm³/mol. The number of hydrogen-bond acceptors (Lipinski definition) is 2. The van der Waals surface area contributed by atoms with Gasteiger partial charge >= 0.3 is 0 Å². The van der Waals surface area contributed by atoms with Gasteiger partial charge in [0.15, 0.2) is 0 Å². The Balaban J connectivity index is 4.01. The molecular formula is C7H13NO. The fraction of sp³-hybridized carbons (Fsp3) is 0.571. The molecule has 0 aromatic carbocycles. The van der Waals surface area contributed by atoms with Gasteiger partial charge < -0.3 is 4.74 Å². The molecule has 0 heterocycles. The van der Waals surface area contributed by atoms with E-state index in [1.54, 1.807) is 14.2 Å². The lowest BCUT2D eigenvalue weighted by Crippen LogP contribution is -1.95. The Kier molecular flexibility index (Phi) is 3.76. The van der Waals surface area contributed by atoms with E-state index in [-0.39, 0.29) is 0 Å². The summed E-state index contributed by atoms with van der Waals surface area (Å²) in [6.07, 6.45) is 1.89. The van der Waals surface area contributed by atoms with E-state index in [1.807, 2.05) is 19.9 Å². The largest absolute Gasteiger partial charge is 0.481 e. The van der Waals surface area contributed by atoms with Crippen molar-refractivity contribution in [2.24, 2.45) is 4.99 Å². The molecule has 0 rings (SSSR count). The fourth-order valence-electron chi connectivity index (χ4n) is 0.462. The summed E-state index contributed by atoms with van der Waals surface area (Å²) in [6, 6.07) is 0. The predicted octanol–water partition coefficient (Wildman–Crippen LogP) is 1.63. The van der Waals surface area contributed by atoms with Crippen molar-refractivity contribution in [3.05, 3.63) is 11.6 Å². The Morgan fingerprint density at radius 1 is 1.44 bits per heavy atom. The highest BCUT2D eigenvalue weighted by Gasteiger charge is 1.86. The zero-order valence-corrected chi connectivity index (χ0v) is 6.43. The fourth-order valence-corrected chi connectivity index (χ4v) is 0.462. The highest BCUT2D eigenvalue weighted by molar-refractivity contribution is 5.87. The molecule has 0 saturated heterocycles. The van der Waals surface area contributed by atoms with Crippen molar-refractivity contribution in [1.29, 1.82) is 0 Å². The van der Waals surface area contributed by atoms with Crippen molar-refractivity contribution in [2.45, 2.75) is 13.8 Å². The average Bonchev–Trinajstić information content (AvgIpc) is 1.82. The Hall–Kier alpha value is -0.790. The van der Waals surface area contributed by atoms with E-state index in [0.717, 1.165) is 0 Å². The van der Waals surface area contributed by atoms with Crippen LogP contribution in [-0.2, 0) is 4.74 Å². The van der Waals surface area contributed by atoms with Crippen LogP contribution in [0.5, 0.6) is 0 Å². The molecule has 0 spiro atoms. The molecule has 0 unspecified atom stereocenters. The van der Waals surface area contributed by atoms with Crippen molar-refractivity contribution < 1.29 is 4.74 Å². The van der Waals surface area contributed by atoms with Gasteiger partial charge in [-0.15, -0.1) is 0 Å². The molecule has 0 fully saturated rings. The summed E-state index contributed by atoms with van der Waals surface area (Å²) in [7, 11) is 3.32. The van der Waals surface area contributed by atoms with Gasteiger partial charge in [-0.05, 0) is 19.9 Å². The number of hydrogen-bond donors (Lipinski definition) is 0. The smallest absolute Gasteiger partial charge is 0.207 e. The minimum absolute atomic E-state index is 0.676. The molecule has 0 saturated carbocycles. The number of aliphatic imine (C=N–C) groups is 1. The molecule has 2 heteroatoms. The topological polar surface area (TPSA) is 21.6 Å². The van der Waals surface area contributed by atoms with Gasteiger partial charge in [0.25, 0.3) is 0 Å². The zero-order valence-electron chi connectivity index (χ0n) is 6.43. The quantitative estimate of drug-likeness (QED) is 0.387. The molecule has 0 aliphatic carbocycles. The molecule has 0 aromatic rings. The highest BCUT2D eigenvalue weighted by atomic mass is 16.5. The van der Waals surface area contributed by atoms with Gasteiger partial charge in [-0.3, -0.25) is 4.99 Å². The van der Waals surface area contributed by atoms with Crippen LogP contribution >= 0.6 is 0 Å². The number of allylic oxidation sites excluding steroid dienone is 1. The van der Waals surface area contributed by atoms with Gasteiger partial charge in [-0.2, -0.15) is 0 Å². The summed E-state index contributed by atoms with van der Waals surface area (Å²) in [4.78, 5) is 3.86. The van der Waals surface area contributed by atoms with Gasteiger partial charge in [-0.25, -0.2) is 0 Å². The molecule has 0 bridgehead atoms. The summed E-state index contributed by atoms with van der Waals surface area (Å²) in [5.74, 6) is 0.676. The second-order valence-corrected chi connectivity index (χ2v) is 1.99. The molecule has 0 aliphatic heterocycles. The van der Waals surface area contributed by atoms with Crippen LogP contribution in [0.4, 0.5) is 0 Å².